The predicted molar refractivity (Wildman–Crippen MR) is 92.8 cm³/mol. The summed E-state index contributed by atoms with van der Waals surface area (Å²) < 4.78 is 50.8. The third-order valence-corrected chi connectivity index (χ3v) is 4.75. The molecule has 9 heteroatoms. The lowest BCUT2D eigenvalue weighted by molar-refractivity contribution is 0.250. The number of sulfonamides is 1. The molecule has 0 unspecified atom stereocenters. The van der Waals surface area contributed by atoms with Crippen LogP contribution in [-0.4, -0.2) is 14.4 Å². The van der Waals surface area contributed by atoms with Gasteiger partial charge in [0, 0.05) is 6.07 Å². The molecule has 0 saturated heterocycles. The molecule has 0 aliphatic carbocycles. The minimum absolute atomic E-state index is 0.0514. The van der Waals surface area contributed by atoms with Crippen LogP contribution in [0.5, 0.6) is 0 Å². The molecule has 3 rings (SSSR count). The van der Waals surface area contributed by atoms with Gasteiger partial charge in [0.15, 0.2) is 0 Å². The minimum atomic E-state index is -4.03. The quantitative estimate of drug-likeness (QED) is 0.611. The fourth-order valence-electron chi connectivity index (χ4n) is 2.25. The summed E-state index contributed by atoms with van der Waals surface area (Å²) in [4.78, 5) is 13.6. The second-order valence-electron chi connectivity index (χ2n) is 5.32. The molecule has 6 nitrogen and oxygen atoms in total. The smallest absolute Gasteiger partial charge is 0.304 e. The SMILES string of the molecule is O=C(NNS(=O)(=O)c1ccc2ccccc2c1)Nc1ccc(F)cc1F. The van der Waals surface area contributed by atoms with Crippen LogP contribution in [-0.2, 0) is 10.0 Å². The minimum Gasteiger partial charge on any atom is -0.304 e. The molecule has 0 aliphatic heterocycles. The Morgan fingerprint density at radius 3 is 2.35 bits per heavy atom. The van der Waals surface area contributed by atoms with E-state index in [1.807, 2.05) is 22.4 Å². The molecule has 3 aromatic carbocycles. The topological polar surface area (TPSA) is 87.3 Å². The largest absolute Gasteiger partial charge is 0.334 e. The van der Waals surface area contributed by atoms with E-state index >= 15 is 0 Å². The van der Waals surface area contributed by atoms with Crippen molar-refractivity contribution in [3.05, 3.63) is 72.3 Å². The van der Waals surface area contributed by atoms with Crippen LogP contribution in [0.4, 0.5) is 19.3 Å². The van der Waals surface area contributed by atoms with Gasteiger partial charge in [0.05, 0.1) is 10.6 Å². The summed E-state index contributed by atoms with van der Waals surface area (Å²) >= 11 is 0. The Kier molecular flexibility index (Phi) is 4.83. The summed E-state index contributed by atoms with van der Waals surface area (Å²) in [6.45, 7) is 0. The van der Waals surface area contributed by atoms with Crippen molar-refractivity contribution in [3.8, 4) is 0 Å². The van der Waals surface area contributed by atoms with Gasteiger partial charge in [0.1, 0.15) is 11.6 Å². The average Bonchev–Trinajstić information content (AvgIpc) is 2.62. The fourth-order valence-corrected chi connectivity index (χ4v) is 3.13. The maximum absolute atomic E-state index is 13.5. The number of rotatable bonds is 4. The van der Waals surface area contributed by atoms with Crippen LogP contribution in [0, 0.1) is 11.6 Å². The number of halogens is 2. The van der Waals surface area contributed by atoms with Crippen LogP contribution in [0.3, 0.4) is 0 Å². The van der Waals surface area contributed by atoms with Crippen LogP contribution in [0.1, 0.15) is 0 Å². The second-order valence-corrected chi connectivity index (χ2v) is 7.00. The summed E-state index contributed by atoms with van der Waals surface area (Å²) in [6.07, 6.45) is 0. The molecule has 3 aromatic rings. The van der Waals surface area contributed by atoms with Gasteiger partial charge in [-0.1, -0.05) is 30.3 Å². The number of benzene rings is 3. The molecule has 0 aromatic heterocycles. The average molecular weight is 377 g/mol. The molecule has 26 heavy (non-hydrogen) atoms. The lowest BCUT2D eigenvalue weighted by Gasteiger charge is -2.11. The molecular weight excluding hydrogens is 364 g/mol. The van der Waals surface area contributed by atoms with Crippen LogP contribution >= 0.6 is 0 Å². The van der Waals surface area contributed by atoms with E-state index in [1.54, 1.807) is 18.2 Å². The number of hydrazine groups is 1. The number of hydrogen-bond acceptors (Lipinski definition) is 3. The zero-order valence-corrected chi connectivity index (χ0v) is 14.0. The van der Waals surface area contributed by atoms with Gasteiger partial charge in [-0.25, -0.2) is 22.0 Å². The Balaban J connectivity index is 1.69. The highest BCUT2D eigenvalue weighted by Crippen LogP contribution is 2.18. The first kappa shape index (κ1) is 17.8. The van der Waals surface area contributed by atoms with Gasteiger partial charge in [-0.05, 0) is 35.0 Å². The van der Waals surface area contributed by atoms with Crippen molar-refractivity contribution < 1.29 is 22.0 Å². The number of carbonyl (C=O) groups excluding carboxylic acids is 1. The van der Waals surface area contributed by atoms with E-state index in [-0.39, 0.29) is 10.6 Å². The van der Waals surface area contributed by atoms with Crippen molar-refractivity contribution >= 4 is 32.5 Å². The highest BCUT2D eigenvalue weighted by atomic mass is 32.2. The van der Waals surface area contributed by atoms with Gasteiger partial charge < -0.3 is 5.32 Å². The van der Waals surface area contributed by atoms with Crippen molar-refractivity contribution in [2.45, 2.75) is 4.90 Å². The van der Waals surface area contributed by atoms with Gasteiger partial charge in [0.25, 0.3) is 10.0 Å². The summed E-state index contributed by atoms with van der Waals surface area (Å²) in [5, 5.41) is 3.65. The number of carbonyl (C=O) groups is 1. The maximum Gasteiger partial charge on any atom is 0.334 e. The van der Waals surface area contributed by atoms with Crippen LogP contribution in [0.2, 0.25) is 0 Å². The van der Waals surface area contributed by atoms with Crippen LogP contribution < -0.4 is 15.6 Å². The fraction of sp³-hybridized carbons (Fsp3) is 0. The molecule has 0 heterocycles. The third-order valence-electron chi connectivity index (χ3n) is 3.51. The predicted octanol–water partition coefficient (Wildman–Crippen LogP) is 3.13. The first-order chi connectivity index (χ1) is 12.3. The van der Waals surface area contributed by atoms with Gasteiger partial charge in [0.2, 0.25) is 0 Å². The Hall–Kier alpha value is -3.04. The molecule has 0 aliphatic rings. The first-order valence-electron chi connectivity index (χ1n) is 7.38. The van der Waals surface area contributed by atoms with E-state index < -0.39 is 27.7 Å². The van der Waals surface area contributed by atoms with E-state index in [9.17, 15) is 22.0 Å². The Bertz CT molecular complexity index is 1090. The lowest BCUT2D eigenvalue weighted by Crippen LogP contribution is -2.43. The Morgan fingerprint density at radius 1 is 0.885 bits per heavy atom. The highest BCUT2D eigenvalue weighted by Gasteiger charge is 2.16. The van der Waals surface area contributed by atoms with Crippen molar-refractivity contribution in [2.75, 3.05) is 5.32 Å². The Morgan fingerprint density at radius 2 is 1.62 bits per heavy atom. The van der Waals surface area contributed by atoms with E-state index in [0.29, 0.717) is 11.5 Å². The van der Waals surface area contributed by atoms with Crippen LogP contribution in [0.15, 0.2) is 65.6 Å². The molecular formula is C17H13F2N3O3S. The third kappa shape index (κ3) is 3.95. The first-order valence-corrected chi connectivity index (χ1v) is 8.86. The van der Waals surface area contributed by atoms with Crippen molar-refractivity contribution in [1.82, 2.24) is 10.3 Å². The second kappa shape index (κ2) is 7.06. The molecule has 0 bridgehead atoms. The van der Waals surface area contributed by atoms with Crippen molar-refractivity contribution in [2.24, 2.45) is 0 Å². The zero-order chi connectivity index (χ0) is 18.7. The van der Waals surface area contributed by atoms with Gasteiger partial charge >= 0.3 is 6.03 Å². The Labute approximate surface area is 147 Å². The molecule has 2 amide bonds. The monoisotopic (exact) mass is 377 g/mol. The maximum atomic E-state index is 13.5. The summed E-state index contributed by atoms with van der Waals surface area (Å²) in [6, 6.07) is 13.2. The number of hydrogen-bond donors (Lipinski definition) is 3. The molecule has 0 radical (unpaired) electrons. The van der Waals surface area contributed by atoms with Gasteiger partial charge in [-0.3, -0.25) is 5.43 Å². The molecule has 0 saturated carbocycles. The number of fused-ring (bicyclic) bond motifs is 1. The molecule has 0 atom stereocenters. The molecule has 3 N–H and O–H groups in total. The van der Waals surface area contributed by atoms with E-state index in [4.69, 9.17) is 0 Å². The number of anilines is 1. The van der Waals surface area contributed by atoms with E-state index in [2.05, 4.69) is 5.32 Å². The van der Waals surface area contributed by atoms with Crippen molar-refractivity contribution in [3.63, 3.8) is 0 Å². The van der Waals surface area contributed by atoms with E-state index in [0.717, 1.165) is 17.5 Å². The highest BCUT2D eigenvalue weighted by molar-refractivity contribution is 7.89. The lowest BCUT2D eigenvalue weighted by atomic mass is 10.1. The van der Waals surface area contributed by atoms with Crippen molar-refractivity contribution in [1.29, 1.82) is 0 Å². The molecule has 134 valence electrons. The van der Waals surface area contributed by atoms with Crippen LogP contribution in [0.25, 0.3) is 10.8 Å². The normalized spacial score (nSPS) is 11.3. The molecule has 0 fully saturated rings. The number of amides is 2. The number of nitrogens with one attached hydrogen (secondary N) is 3. The van der Waals surface area contributed by atoms with E-state index in [1.165, 1.54) is 12.1 Å². The zero-order valence-electron chi connectivity index (χ0n) is 13.2. The van der Waals surface area contributed by atoms with Gasteiger partial charge in [-0.2, -0.15) is 0 Å². The van der Waals surface area contributed by atoms with Gasteiger partial charge in [-0.15, -0.1) is 4.83 Å². The summed E-state index contributed by atoms with van der Waals surface area (Å²) in [5.74, 6) is -1.79. The molecule has 0 spiro atoms. The summed E-state index contributed by atoms with van der Waals surface area (Å²) in [5.41, 5.74) is 1.61. The standard InChI is InChI=1S/C17H13F2N3O3S/c18-13-6-8-16(15(19)10-13)20-17(23)21-22-26(24,25)14-7-5-11-3-1-2-4-12(11)9-14/h1-10,22H,(H2,20,21,23). The number of urea groups is 1. The summed E-state index contributed by atoms with van der Waals surface area (Å²) in [7, 11) is -4.03.